The fraction of sp³-hybridized carbons (Fsp3) is 0.308. The Hall–Kier alpha value is -2.79. The fourth-order valence-corrected chi connectivity index (χ4v) is 1.92. The van der Waals surface area contributed by atoms with Gasteiger partial charge in [0, 0.05) is 6.54 Å². The number of nitrogens with zero attached hydrogens (tertiary/aromatic N) is 2. The van der Waals surface area contributed by atoms with E-state index in [9.17, 15) is 14.7 Å². The van der Waals surface area contributed by atoms with Crippen LogP contribution in [0.1, 0.15) is 10.4 Å². The largest absolute Gasteiger partial charge is 0.508 e. The summed E-state index contributed by atoms with van der Waals surface area (Å²) in [6.07, 6.45) is -0.691. The first-order valence-electron chi connectivity index (χ1n) is 6.14. The van der Waals surface area contributed by atoms with Crippen LogP contribution in [-0.4, -0.2) is 52.9 Å². The van der Waals surface area contributed by atoms with Gasteiger partial charge in [0.1, 0.15) is 5.75 Å². The lowest BCUT2D eigenvalue weighted by Gasteiger charge is -2.29. The molecular weight excluding hydrogens is 278 g/mol. The number of morpholine rings is 1. The molecule has 1 aromatic rings. The first kappa shape index (κ1) is 14.6. The van der Waals surface area contributed by atoms with Crippen LogP contribution in [0.15, 0.2) is 18.2 Å². The Balaban J connectivity index is 2.13. The summed E-state index contributed by atoms with van der Waals surface area (Å²) < 4.78 is 5.13. The number of rotatable bonds is 2. The number of aromatic hydroxyl groups is 1. The second-order valence-corrected chi connectivity index (χ2v) is 4.40. The highest BCUT2D eigenvalue weighted by Crippen LogP contribution is 2.22. The first-order valence-corrected chi connectivity index (χ1v) is 6.14. The lowest BCUT2D eigenvalue weighted by molar-refractivity contribution is 0.0181. The van der Waals surface area contributed by atoms with Gasteiger partial charge in [-0.2, -0.15) is 5.26 Å². The maximum absolute atomic E-state index is 12.1. The number of carbonyl (C=O) groups excluding carboxylic acids is 1. The number of hydrogen-bond donors (Lipinski definition) is 3. The normalized spacial score (nSPS) is 17.9. The van der Waals surface area contributed by atoms with Crippen molar-refractivity contribution < 1.29 is 24.5 Å². The number of urea groups is 1. The van der Waals surface area contributed by atoms with Gasteiger partial charge in [-0.25, -0.2) is 9.59 Å². The molecule has 1 unspecified atom stereocenters. The topological polar surface area (TPSA) is 123 Å². The lowest BCUT2D eigenvalue weighted by Crippen LogP contribution is -2.47. The number of aromatic carboxylic acids is 1. The minimum absolute atomic E-state index is 0.0744. The zero-order valence-electron chi connectivity index (χ0n) is 10.9. The minimum atomic E-state index is -1.27. The molecule has 8 nitrogen and oxygen atoms in total. The van der Waals surface area contributed by atoms with E-state index >= 15 is 0 Å². The van der Waals surface area contributed by atoms with E-state index in [1.54, 1.807) is 0 Å². The number of nitriles is 1. The number of benzene rings is 1. The van der Waals surface area contributed by atoms with Gasteiger partial charge in [-0.15, -0.1) is 0 Å². The highest BCUT2D eigenvalue weighted by atomic mass is 16.5. The van der Waals surface area contributed by atoms with E-state index in [2.05, 4.69) is 5.32 Å². The van der Waals surface area contributed by atoms with Crippen LogP contribution in [-0.2, 0) is 4.74 Å². The Labute approximate surface area is 120 Å². The molecule has 1 aliphatic heterocycles. The number of nitrogens with one attached hydrogen (secondary N) is 1. The predicted octanol–water partition coefficient (Wildman–Crippen LogP) is 0.847. The van der Waals surface area contributed by atoms with Gasteiger partial charge in [-0.3, -0.25) is 0 Å². The zero-order valence-corrected chi connectivity index (χ0v) is 10.9. The van der Waals surface area contributed by atoms with E-state index in [-0.39, 0.29) is 30.2 Å². The summed E-state index contributed by atoms with van der Waals surface area (Å²) in [4.78, 5) is 24.5. The number of phenolic OH excluding ortho intramolecular Hbond substituents is 1. The number of hydrogen-bond acceptors (Lipinski definition) is 5. The number of carboxylic acids is 1. The van der Waals surface area contributed by atoms with Crippen LogP contribution in [0, 0.1) is 11.3 Å². The molecule has 0 spiro atoms. The third-order valence-electron chi connectivity index (χ3n) is 2.97. The van der Waals surface area contributed by atoms with E-state index in [1.807, 2.05) is 6.07 Å². The fourth-order valence-electron chi connectivity index (χ4n) is 1.92. The number of carbonyl (C=O) groups is 2. The highest BCUT2D eigenvalue weighted by Gasteiger charge is 2.25. The molecule has 1 fully saturated rings. The van der Waals surface area contributed by atoms with E-state index in [0.717, 1.165) is 6.07 Å². The average molecular weight is 291 g/mol. The molecule has 1 aromatic carbocycles. The number of ether oxygens (including phenoxy) is 1. The number of amides is 2. The molecule has 0 radical (unpaired) electrons. The van der Waals surface area contributed by atoms with Crippen LogP contribution in [0.3, 0.4) is 0 Å². The zero-order chi connectivity index (χ0) is 15.4. The second kappa shape index (κ2) is 6.11. The molecule has 0 saturated carbocycles. The summed E-state index contributed by atoms with van der Waals surface area (Å²) >= 11 is 0. The van der Waals surface area contributed by atoms with Crippen molar-refractivity contribution in [3.63, 3.8) is 0 Å². The maximum atomic E-state index is 12.1. The molecule has 1 heterocycles. The van der Waals surface area contributed by atoms with Crippen molar-refractivity contribution in [2.24, 2.45) is 0 Å². The van der Waals surface area contributed by atoms with Crippen LogP contribution in [0.25, 0.3) is 0 Å². The molecule has 1 saturated heterocycles. The van der Waals surface area contributed by atoms with Gasteiger partial charge in [0.2, 0.25) is 0 Å². The number of phenols is 1. The quantitative estimate of drug-likeness (QED) is 0.694. The second-order valence-electron chi connectivity index (χ2n) is 4.40. The molecule has 0 aliphatic carbocycles. The Morgan fingerprint density at radius 3 is 2.90 bits per heavy atom. The van der Waals surface area contributed by atoms with Crippen molar-refractivity contribution in [3.05, 3.63) is 23.8 Å². The van der Waals surface area contributed by atoms with Gasteiger partial charge >= 0.3 is 12.0 Å². The Bertz CT molecular complexity index is 610. The van der Waals surface area contributed by atoms with Crippen molar-refractivity contribution >= 4 is 17.7 Å². The average Bonchev–Trinajstić information content (AvgIpc) is 2.48. The van der Waals surface area contributed by atoms with Gasteiger partial charge in [-0.05, 0) is 18.2 Å². The number of carboxylic acid groups (broad SMARTS) is 1. The lowest BCUT2D eigenvalue weighted by atomic mass is 10.1. The van der Waals surface area contributed by atoms with Crippen LogP contribution in [0.5, 0.6) is 5.75 Å². The van der Waals surface area contributed by atoms with Gasteiger partial charge in [-0.1, -0.05) is 0 Å². The Morgan fingerprint density at radius 1 is 1.48 bits per heavy atom. The van der Waals surface area contributed by atoms with E-state index < -0.39 is 18.1 Å². The maximum Gasteiger partial charge on any atom is 0.337 e. The highest BCUT2D eigenvalue weighted by molar-refractivity contribution is 6.00. The molecule has 0 bridgehead atoms. The SMILES string of the molecule is N#CC1CN(C(=O)Nc2ccc(O)cc2C(=O)O)CCO1. The third-order valence-corrected chi connectivity index (χ3v) is 2.97. The summed E-state index contributed by atoms with van der Waals surface area (Å²) in [5.74, 6) is -1.47. The molecule has 1 aliphatic rings. The van der Waals surface area contributed by atoms with Crippen LogP contribution in [0.2, 0.25) is 0 Å². The van der Waals surface area contributed by atoms with Gasteiger partial charge in [0.05, 0.1) is 30.5 Å². The van der Waals surface area contributed by atoms with Crippen molar-refractivity contribution in [2.75, 3.05) is 25.0 Å². The van der Waals surface area contributed by atoms with E-state index in [0.29, 0.717) is 6.54 Å². The molecule has 8 heteroatoms. The Kier molecular flexibility index (Phi) is 4.25. The summed E-state index contributed by atoms with van der Waals surface area (Å²) in [5, 5.41) is 29.6. The molecule has 2 rings (SSSR count). The summed E-state index contributed by atoms with van der Waals surface area (Å²) in [5.41, 5.74) is -0.140. The molecule has 1 atom stereocenters. The van der Waals surface area contributed by atoms with Gasteiger partial charge < -0.3 is 25.2 Å². The monoisotopic (exact) mass is 291 g/mol. The number of anilines is 1. The standard InChI is InChI=1S/C13H13N3O5/c14-6-9-7-16(3-4-21-9)13(20)15-11-2-1-8(17)5-10(11)12(18)19/h1-2,5,9,17H,3-4,7H2,(H,15,20)(H,18,19). The third kappa shape index (κ3) is 3.40. The molecule has 2 amide bonds. The summed E-state index contributed by atoms with van der Waals surface area (Å²) in [6, 6.07) is 5.03. The van der Waals surface area contributed by atoms with E-state index in [1.165, 1.54) is 17.0 Å². The van der Waals surface area contributed by atoms with Crippen LogP contribution >= 0.6 is 0 Å². The van der Waals surface area contributed by atoms with Crippen molar-refractivity contribution in [1.29, 1.82) is 5.26 Å². The minimum Gasteiger partial charge on any atom is -0.508 e. The predicted molar refractivity (Wildman–Crippen MR) is 71.0 cm³/mol. The smallest absolute Gasteiger partial charge is 0.337 e. The van der Waals surface area contributed by atoms with Crippen LogP contribution < -0.4 is 5.32 Å². The molecule has 110 valence electrons. The van der Waals surface area contributed by atoms with E-state index in [4.69, 9.17) is 15.1 Å². The molecule has 21 heavy (non-hydrogen) atoms. The van der Waals surface area contributed by atoms with Gasteiger partial charge in [0.25, 0.3) is 0 Å². The molecular formula is C13H13N3O5. The van der Waals surface area contributed by atoms with Crippen molar-refractivity contribution in [1.82, 2.24) is 4.90 Å². The summed E-state index contributed by atoms with van der Waals surface area (Å²) in [6.45, 7) is 0.667. The molecule has 3 N–H and O–H groups in total. The summed E-state index contributed by atoms with van der Waals surface area (Å²) in [7, 11) is 0. The van der Waals surface area contributed by atoms with Crippen LogP contribution in [0.4, 0.5) is 10.5 Å². The first-order chi connectivity index (χ1) is 10.0. The Morgan fingerprint density at radius 2 is 2.24 bits per heavy atom. The van der Waals surface area contributed by atoms with Crippen molar-refractivity contribution in [3.8, 4) is 11.8 Å². The van der Waals surface area contributed by atoms with Gasteiger partial charge in [0.15, 0.2) is 6.10 Å². The molecule has 0 aromatic heterocycles. The van der Waals surface area contributed by atoms with Crippen molar-refractivity contribution in [2.45, 2.75) is 6.10 Å².